The number of benzene rings is 1. The zero-order valence-corrected chi connectivity index (χ0v) is 17.8. The quantitative estimate of drug-likeness (QED) is 0.409. The van der Waals surface area contributed by atoms with Gasteiger partial charge in [-0.2, -0.15) is 0 Å². The molecular formula is C21H25Cl2FN4. The molecule has 7 heteroatoms. The van der Waals surface area contributed by atoms with Crippen LogP contribution >= 0.6 is 23.2 Å². The van der Waals surface area contributed by atoms with Gasteiger partial charge in [0.2, 0.25) is 0 Å². The van der Waals surface area contributed by atoms with E-state index in [0.29, 0.717) is 28.7 Å². The Morgan fingerprint density at radius 1 is 1.14 bits per heavy atom. The number of unbranched alkanes of at least 4 members (excludes halogenated alkanes) is 1. The summed E-state index contributed by atoms with van der Waals surface area (Å²) in [5.41, 5.74) is 3.24. The van der Waals surface area contributed by atoms with Gasteiger partial charge in [-0.3, -0.25) is 13.8 Å². The summed E-state index contributed by atoms with van der Waals surface area (Å²) < 4.78 is 14.9. The van der Waals surface area contributed by atoms with Crippen LogP contribution in [0.3, 0.4) is 0 Å². The molecule has 0 spiro atoms. The first-order valence-electron chi connectivity index (χ1n) is 9.72. The minimum absolute atomic E-state index is 0.325. The summed E-state index contributed by atoms with van der Waals surface area (Å²) >= 11 is 12.5. The van der Waals surface area contributed by atoms with Crippen molar-refractivity contribution in [1.29, 1.82) is 0 Å². The second-order valence-electron chi connectivity index (χ2n) is 6.71. The lowest BCUT2D eigenvalue weighted by Crippen LogP contribution is -2.28. The predicted octanol–water partition coefficient (Wildman–Crippen LogP) is 6.23. The minimum atomic E-state index is -0.325. The van der Waals surface area contributed by atoms with Gasteiger partial charge in [0.25, 0.3) is 0 Å². The number of nitrogens with zero attached hydrogens (tertiary/aromatic N) is 4. The van der Waals surface area contributed by atoms with Crippen molar-refractivity contribution in [3.05, 3.63) is 46.3 Å². The molecule has 4 nitrogen and oxygen atoms in total. The number of fused-ring (bicyclic) bond motifs is 1. The molecule has 0 aliphatic rings. The first-order valence-corrected chi connectivity index (χ1v) is 10.5. The van der Waals surface area contributed by atoms with Crippen LogP contribution in [0.25, 0.3) is 16.9 Å². The second kappa shape index (κ2) is 9.57. The number of hydrogen-bond donors (Lipinski definition) is 0. The molecule has 0 N–H and O–H groups in total. The minimum Gasteiger partial charge on any atom is -0.356 e. The number of halogens is 3. The molecule has 0 saturated heterocycles. The van der Waals surface area contributed by atoms with E-state index in [1.165, 1.54) is 0 Å². The molecule has 0 fully saturated rings. The van der Waals surface area contributed by atoms with Crippen LogP contribution in [0.15, 0.2) is 30.6 Å². The number of imidazole rings is 1. The van der Waals surface area contributed by atoms with Gasteiger partial charge in [0, 0.05) is 36.1 Å². The topological polar surface area (TPSA) is 33.4 Å². The highest BCUT2D eigenvalue weighted by atomic mass is 35.5. The number of anilines is 1. The fourth-order valence-corrected chi connectivity index (χ4v) is 3.88. The van der Waals surface area contributed by atoms with E-state index in [-0.39, 0.29) is 6.67 Å². The Kier molecular flexibility index (Phi) is 7.13. The van der Waals surface area contributed by atoms with E-state index >= 15 is 0 Å². The maximum Gasteiger partial charge on any atom is 0.165 e. The SMILES string of the molecule is CCCCN(CCCF)c1c(CC)nc2c(-c3ccc(Cl)cc3Cl)nccn12. The first-order chi connectivity index (χ1) is 13.6. The van der Waals surface area contributed by atoms with Crippen LogP contribution in [0.2, 0.25) is 10.0 Å². The van der Waals surface area contributed by atoms with Crippen LogP contribution in [-0.2, 0) is 6.42 Å². The van der Waals surface area contributed by atoms with Crippen molar-refractivity contribution in [3.63, 3.8) is 0 Å². The highest BCUT2D eigenvalue weighted by Crippen LogP contribution is 2.34. The van der Waals surface area contributed by atoms with E-state index in [2.05, 4.69) is 28.1 Å². The molecule has 0 aliphatic carbocycles. The van der Waals surface area contributed by atoms with Gasteiger partial charge in [-0.25, -0.2) is 4.98 Å². The summed E-state index contributed by atoms with van der Waals surface area (Å²) in [7, 11) is 0. The summed E-state index contributed by atoms with van der Waals surface area (Å²) in [6.45, 7) is 5.45. The van der Waals surface area contributed by atoms with Crippen molar-refractivity contribution in [1.82, 2.24) is 14.4 Å². The van der Waals surface area contributed by atoms with Crippen molar-refractivity contribution in [3.8, 4) is 11.3 Å². The van der Waals surface area contributed by atoms with Gasteiger partial charge in [-0.15, -0.1) is 0 Å². The van der Waals surface area contributed by atoms with Gasteiger partial charge in [0.05, 0.1) is 17.4 Å². The number of aryl methyl sites for hydroxylation is 1. The third-order valence-electron chi connectivity index (χ3n) is 4.75. The fraction of sp³-hybridized carbons (Fsp3) is 0.429. The highest BCUT2D eigenvalue weighted by Gasteiger charge is 2.21. The average Bonchev–Trinajstić information content (AvgIpc) is 3.07. The maximum atomic E-state index is 12.9. The van der Waals surface area contributed by atoms with E-state index in [1.807, 2.05) is 12.3 Å². The van der Waals surface area contributed by atoms with E-state index in [0.717, 1.165) is 48.5 Å². The number of rotatable bonds is 9. The molecule has 0 aliphatic heterocycles. The number of hydrogen-bond acceptors (Lipinski definition) is 3. The van der Waals surface area contributed by atoms with Crippen LogP contribution in [0.5, 0.6) is 0 Å². The molecular weight excluding hydrogens is 398 g/mol. The maximum absolute atomic E-state index is 12.9. The summed E-state index contributed by atoms with van der Waals surface area (Å²) in [6.07, 6.45) is 7.08. The third kappa shape index (κ3) is 4.26. The molecule has 150 valence electrons. The summed E-state index contributed by atoms with van der Waals surface area (Å²) in [6, 6.07) is 5.38. The molecule has 0 bridgehead atoms. The summed E-state index contributed by atoms with van der Waals surface area (Å²) in [4.78, 5) is 11.7. The molecule has 1 aromatic carbocycles. The lowest BCUT2D eigenvalue weighted by Gasteiger charge is -2.25. The largest absolute Gasteiger partial charge is 0.356 e. The van der Waals surface area contributed by atoms with Crippen molar-refractivity contribution in [2.75, 3.05) is 24.7 Å². The Hall–Kier alpha value is -1.85. The smallest absolute Gasteiger partial charge is 0.165 e. The molecule has 0 unspecified atom stereocenters. The Morgan fingerprint density at radius 3 is 2.61 bits per heavy atom. The molecule has 0 radical (unpaired) electrons. The standard InChI is InChI=1S/C21H25Cl2FN4/c1-3-5-11-27(12-6-9-24)21-18(4-2)26-20-19(25-10-13-28(20)21)16-8-7-15(22)14-17(16)23/h7-8,10,13-14H,3-6,9,11-12H2,1-2H3. The van der Waals surface area contributed by atoms with Crippen molar-refractivity contribution in [2.45, 2.75) is 39.5 Å². The monoisotopic (exact) mass is 422 g/mol. The third-order valence-corrected chi connectivity index (χ3v) is 5.30. The molecule has 3 rings (SSSR count). The van der Waals surface area contributed by atoms with Crippen molar-refractivity contribution in [2.24, 2.45) is 0 Å². The fourth-order valence-electron chi connectivity index (χ4n) is 3.38. The normalized spacial score (nSPS) is 11.3. The molecule has 2 heterocycles. The molecule has 0 saturated carbocycles. The lowest BCUT2D eigenvalue weighted by atomic mass is 10.1. The van der Waals surface area contributed by atoms with Crippen LogP contribution in [0.1, 0.15) is 38.8 Å². The van der Waals surface area contributed by atoms with Gasteiger partial charge in [-0.1, -0.05) is 43.5 Å². The van der Waals surface area contributed by atoms with Crippen molar-refractivity contribution >= 4 is 34.7 Å². The average molecular weight is 423 g/mol. The molecule has 2 aromatic heterocycles. The van der Waals surface area contributed by atoms with Gasteiger partial charge < -0.3 is 4.90 Å². The highest BCUT2D eigenvalue weighted by molar-refractivity contribution is 6.36. The van der Waals surface area contributed by atoms with E-state index < -0.39 is 0 Å². The van der Waals surface area contributed by atoms with E-state index in [1.54, 1.807) is 18.3 Å². The van der Waals surface area contributed by atoms with E-state index in [9.17, 15) is 4.39 Å². The molecule has 0 atom stereocenters. The lowest BCUT2D eigenvalue weighted by molar-refractivity contribution is 0.469. The van der Waals surface area contributed by atoms with Crippen LogP contribution in [0.4, 0.5) is 10.2 Å². The van der Waals surface area contributed by atoms with E-state index in [4.69, 9.17) is 28.2 Å². The first kappa shape index (κ1) is 20.9. The number of alkyl halides is 1. The predicted molar refractivity (Wildman–Crippen MR) is 116 cm³/mol. The van der Waals surface area contributed by atoms with Crippen LogP contribution in [0, 0.1) is 0 Å². The molecule has 3 aromatic rings. The van der Waals surface area contributed by atoms with Gasteiger partial charge in [-0.05, 0) is 37.5 Å². The zero-order valence-electron chi connectivity index (χ0n) is 16.3. The number of aromatic nitrogens is 3. The van der Waals surface area contributed by atoms with Crippen molar-refractivity contribution < 1.29 is 4.39 Å². The van der Waals surface area contributed by atoms with Crippen LogP contribution < -0.4 is 4.90 Å². The summed E-state index contributed by atoms with van der Waals surface area (Å²) in [5, 5.41) is 1.12. The Balaban J connectivity index is 2.16. The van der Waals surface area contributed by atoms with Gasteiger partial charge >= 0.3 is 0 Å². The molecule has 28 heavy (non-hydrogen) atoms. The summed E-state index contributed by atoms with van der Waals surface area (Å²) in [5.74, 6) is 1.02. The second-order valence-corrected chi connectivity index (χ2v) is 7.56. The Labute approximate surface area is 175 Å². The Morgan fingerprint density at radius 2 is 1.93 bits per heavy atom. The van der Waals surface area contributed by atoms with Gasteiger partial charge in [0.1, 0.15) is 11.5 Å². The molecule has 0 amide bonds. The van der Waals surface area contributed by atoms with Gasteiger partial charge in [0.15, 0.2) is 5.65 Å². The Bertz CT molecular complexity index is 934. The van der Waals surface area contributed by atoms with Crippen LogP contribution in [-0.4, -0.2) is 34.1 Å². The zero-order chi connectivity index (χ0) is 20.1.